The van der Waals surface area contributed by atoms with E-state index in [9.17, 15) is 9.59 Å². The molecule has 0 atom stereocenters. The van der Waals surface area contributed by atoms with E-state index in [0.717, 1.165) is 12.8 Å². The standard InChI is InChI=1S/C16H22N2O3S/c1-4-6-7-8-9-18-10-17-14-12(15(18)19)11(3)13(22-14)16(20)21-5-2/h10H,4-9H2,1-3H3. The van der Waals surface area contributed by atoms with E-state index in [4.69, 9.17) is 4.74 Å². The van der Waals surface area contributed by atoms with Crippen molar-refractivity contribution >= 4 is 27.5 Å². The Bertz CT molecular complexity index is 718. The number of hydrogen-bond donors (Lipinski definition) is 0. The van der Waals surface area contributed by atoms with Crippen LogP contribution in [-0.4, -0.2) is 22.1 Å². The molecule has 5 nitrogen and oxygen atoms in total. The Labute approximate surface area is 133 Å². The van der Waals surface area contributed by atoms with Crippen molar-refractivity contribution in [1.82, 2.24) is 9.55 Å². The molecule has 0 N–H and O–H groups in total. The lowest BCUT2D eigenvalue weighted by Gasteiger charge is -2.05. The molecule has 0 aromatic carbocycles. The van der Waals surface area contributed by atoms with Crippen LogP contribution in [0.25, 0.3) is 10.2 Å². The van der Waals surface area contributed by atoms with Crippen molar-refractivity contribution in [1.29, 1.82) is 0 Å². The van der Waals surface area contributed by atoms with Gasteiger partial charge in [0.25, 0.3) is 5.56 Å². The topological polar surface area (TPSA) is 61.2 Å². The maximum atomic E-state index is 12.6. The molecule has 0 radical (unpaired) electrons. The van der Waals surface area contributed by atoms with Crippen molar-refractivity contribution in [2.24, 2.45) is 0 Å². The Hall–Kier alpha value is -1.69. The van der Waals surface area contributed by atoms with Crippen LogP contribution in [0.5, 0.6) is 0 Å². The fourth-order valence-electron chi connectivity index (χ4n) is 2.42. The molecule has 0 aliphatic carbocycles. The Morgan fingerprint density at radius 2 is 2.09 bits per heavy atom. The third-order valence-electron chi connectivity index (χ3n) is 3.63. The first kappa shape index (κ1) is 16.7. The minimum atomic E-state index is -0.378. The van der Waals surface area contributed by atoms with Crippen LogP contribution in [0.15, 0.2) is 11.1 Å². The van der Waals surface area contributed by atoms with Gasteiger partial charge in [-0.25, -0.2) is 9.78 Å². The second kappa shape index (κ2) is 7.54. The number of aryl methyl sites for hydroxylation is 2. The summed E-state index contributed by atoms with van der Waals surface area (Å²) in [4.78, 5) is 29.9. The average molecular weight is 322 g/mol. The van der Waals surface area contributed by atoms with Crippen LogP contribution >= 0.6 is 11.3 Å². The first-order chi connectivity index (χ1) is 10.6. The van der Waals surface area contributed by atoms with Gasteiger partial charge in [-0.1, -0.05) is 26.2 Å². The molecule has 0 spiro atoms. The lowest BCUT2D eigenvalue weighted by Crippen LogP contribution is -2.20. The van der Waals surface area contributed by atoms with Gasteiger partial charge in [-0.05, 0) is 25.8 Å². The first-order valence-electron chi connectivity index (χ1n) is 7.75. The molecule has 2 aromatic heterocycles. The Balaban J connectivity index is 2.32. The van der Waals surface area contributed by atoms with Crippen molar-refractivity contribution in [2.45, 2.75) is 53.0 Å². The molecule has 22 heavy (non-hydrogen) atoms. The van der Waals surface area contributed by atoms with Gasteiger partial charge in [-0.3, -0.25) is 9.36 Å². The van der Waals surface area contributed by atoms with Crippen LogP contribution in [0.1, 0.15) is 54.8 Å². The summed E-state index contributed by atoms with van der Waals surface area (Å²) >= 11 is 1.23. The summed E-state index contributed by atoms with van der Waals surface area (Å²) in [6.07, 6.45) is 6.00. The zero-order valence-corrected chi connectivity index (χ0v) is 14.2. The number of nitrogens with zero attached hydrogens (tertiary/aromatic N) is 2. The minimum Gasteiger partial charge on any atom is -0.462 e. The van der Waals surface area contributed by atoms with Crippen LogP contribution in [0.2, 0.25) is 0 Å². The predicted octanol–water partition coefficient (Wildman–Crippen LogP) is 3.52. The molecule has 6 heteroatoms. The number of aromatic nitrogens is 2. The van der Waals surface area contributed by atoms with Gasteiger partial charge in [0.2, 0.25) is 0 Å². The van der Waals surface area contributed by atoms with Gasteiger partial charge in [0, 0.05) is 6.54 Å². The molecule has 0 fully saturated rings. The van der Waals surface area contributed by atoms with Crippen LogP contribution in [0, 0.1) is 6.92 Å². The summed E-state index contributed by atoms with van der Waals surface area (Å²) in [5.41, 5.74) is 0.615. The van der Waals surface area contributed by atoms with E-state index >= 15 is 0 Å². The zero-order valence-electron chi connectivity index (χ0n) is 13.3. The molecule has 120 valence electrons. The smallest absolute Gasteiger partial charge is 0.348 e. The first-order valence-corrected chi connectivity index (χ1v) is 8.57. The number of ether oxygens (including phenoxy) is 1. The van der Waals surface area contributed by atoms with E-state index in [0.29, 0.717) is 33.8 Å². The SMILES string of the molecule is CCCCCCn1cnc2sc(C(=O)OCC)c(C)c2c1=O. The largest absolute Gasteiger partial charge is 0.462 e. The summed E-state index contributed by atoms with van der Waals surface area (Å²) in [6, 6.07) is 0. The monoisotopic (exact) mass is 322 g/mol. The molecule has 0 saturated heterocycles. The van der Waals surface area contributed by atoms with Crippen molar-refractivity contribution < 1.29 is 9.53 Å². The van der Waals surface area contributed by atoms with E-state index in [2.05, 4.69) is 11.9 Å². The normalized spacial score (nSPS) is 11.0. The second-order valence-corrected chi connectivity index (χ2v) is 6.26. The molecule has 0 saturated carbocycles. The molecule has 2 rings (SSSR count). The van der Waals surface area contributed by atoms with Crippen molar-refractivity contribution in [3.05, 3.63) is 27.1 Å². The molecule has 0 amide bonds. The highest BCUT2D eigenvalue weighted by atomic mass is 32.1. The molecule has 2 aromatic rings. The van der Waals surface area contributed by atoms with E-state index < -0.39 is 0 Å². The number of carbonyl (C=O) groups excluding carboxylic acids is 1. The van der Waals surface area contributed by atoms with Gasteiger partial charge in [0.15, 0.2) is 0 Å². The van der Waals surface area contributed by atoms with Gasteiger partial charge in [0.1, 0.15) is 9.71 Å². The van der Waals surface area contributed by atoms with Gasteiger partial charge in [0.05, 0.1) is 18.3 Å². The fraction of sp³-hybridized carbons (Fsp3) is 0.562. The molecule has 0 bridgehead atoms. The maximum Gasteiger partial charge on any atom is 0.348 e. The average Bonchev–Trinajstić information content (AvgIpc) is 2.84. The molecular weight excluding hydrogens is 300 g/mol. The lowest BCUT2D eigenvalue weighted by molar-refractivity contribution is 0.0531. The highest BCUT2D eigenvalue weighted by molar-refractivity contribution is 7.20. The highest BCUT2D eigenvalue weighted by Gasteiger charge is 2.20. The Morgan fingerprint density at radius 1 is 1.32 bits per heavy atom. The minimum absolute atomic E-state index is 0.0641. The van der Waals surface area contributed by atoms with E-state index in [1.165, 1.54) is 24.2 Å². The van der Waals surface area contributed by atoms with Gasteiger partial charge in [-0.2, -0.15) is 0 Å². The maximum absolute atomic E-state index is 12.6. The van der Waals surface area contributed by atoms with E-state index in [1.807, 2.05) is 0 Å². The zero-order chi connectivity index (χ0) is 16.1. The molecule has 0 aliphatic heterocycles. The number of carbonyl (C=O) groups is 1. The number of esters is 1. The van der Waals surface area contributed by atoms with Crippen molar-refractivity contribution in [3.63, 3.8) is 0 Å². The summed E-state index contributed by atoms with van der Waals surface area (Å²) in [5, 5.41) is 0.547. The van der Waals surface area contributed by atoms with Crippen LogP contribution in [0.4, 0.5) is 0 Å². The number of rotatable bonds is 7. The molecule has 0 aliphatic rings. The number of unbranched alkanes of at least 4 members (excludes halogenated alkanes) is 3. The van der Waals surface area contributed by atoms with Gasteiger partial charge in [-0.15, -0.1) is 11.3 Å². The summed E-state index contributed by atoms with van der Waals surface area (Å²) < 4.78 is 6.68. The fourth-order valence-corrected chi connectivity index (χ4v) is 3.45. The quantitative estimate of drug-likeness (QED) is 0.578. The summed E-state index contributed by atoms with van der Waals surface area (Å²) in [7, 11) is 0. The van der Waals surface area contributed by atoms with Crippen LogP contribution in [-0.2, 0) is 11.3 Å². The van der Waals surface area contributed by atoms with Crippen molar-refractivity contribution in [3.8, 4) is 0 Å². The Morgan fingerprint density at radius 3 is 2.77 bits per heavy atom. The van der Waals surface area contributed by atoms with Gasteiger partial charge < -0.3 is 4.74 Å². The summed E-state index contributed by atoms with van der Waals surface area (Å²) in [6.45, 7) is 6.70. The number of hydrogen-bond acceptors (Lipinski definition) is 5. The molecule has 0 unspecified atom stereocenters. The lowest BCUT2D eigenvalue weighted by atomic mass is 10.2. The highest BCUT2D eigenvalue weighted by Crippen LogP contribution is 2.27. The van der Waals surface area contributed by atoms with Crippen LogP contribution < -0.4 is 5.56 Å². The predicted molar refractivity (Wildman–Crippen MR) is 88.7 cm³/mol. The third kappa shape index (κ3) is 3.38. The number of thiophene rings is 1. The van der Waals surface area contributed by atoms with Crippen molar-refractivity contribution in [2.75, 3.05) is 6.61 Å². The molecular formula is C16H22N2O3S. The molecule has 2 heterocycles. The Kier molecular flexibility index (Phi) is 5.71. The van der Waals surface area contributed by atoms with Gasteiger partial charge >= 0.3 is 5.97 Å². The third-order valence-corrected chi connectivity index (χ3v) is 4.81. The number of fused-ring (bicyclic) bond motifs is 1. The second-order valence-electron chi connectivity index (χ2n) is 5.26. The van der Waals surface area contributed by atoms with E-state index in [1.54, 1.807) is 24.7 Å². The van der Waals surface area contributed by atoms with Crippen LogP contribution in [0.3, 0.4) is 0 Å². The summed E-state index contributed by atoms with van der Waals surface area (Å²) in [5.74, 6) is -0.378. The van der Waals surface area contributed by atoms with E-state index in [-0.39, 0.29) is 11.5 Å².